The van der Waals surface area contributed by atoms with Crippen molar-refractivity contribution in [2.24, 2.45) is 5.92 Å². The van der Waals surface area contributed by atoms with Gasteiger partial charge in [0.05, 0.1) is 7.11 Å². The fraction of sp³-hybridized carbons (Fsp3) is 0.474. The van der Waals surface area contributed by atoms with Gasteiger partial charge in [-0.25, -0.2) is 9.59 Å². The van der Waals surface area contributed by atoms with E-state index in [0.29, 0.717) is 17.7 Å². The van der Waals surface area contributed by atoms with E-state index >= 15 is 0 Å². The molecule has 1 heterocycles. The number of aliphatic carboxylic acids is 1. The first kappa shape index (κ1) is 21.2. The van der Waals surface area contributed by atoms with Crippen LogP contribution < -0.4 is 15.4 Å². The quantitative estimate of drug-likeness (QED) is 0.570. The summed E-state index contributed by atoms with van der Waals surface area (Å²) in [6.45, 7) is 4.50. The molecule has 0 aromatic heterocycles. The number of hydrogen-bond acceptors (Lipinski definition) is 5. The molecule has 152 valence electrons. The van der Waals surface area contributed by atoms with Crippen LogP contribution in [0.2, 0.25) is 0 Å². The van der Waals surface area contributed by atoms with Crippen LogP contribution in [0, 0.1) is 5.92 Å². The maximum atomic E-state index is 12.9. The van der Waals surface area contributed by atoms with Gasteiger partial charge in [-0.1, -0.05) is 32.4 Å². The summed E-state index contributed by atoms with van der Waals surface area (Å²) in [6, 6.07) is 4.84. The van der Waals surface area contributed by atoms with Crippen molar-refractivity contribution >= 4 is 23.8 Å². The summed E-state index contributed by atoms with van der Waals surface area (Å²) in [6.07, 6.45) is 0.552. The lowest BCUT2D eigenvalue weighted by atomic mass is 9.92. The molecular formula is C19H25N3O6. The van der Waals surface area contributed by atoms with Crippen LogP contribution in [0.15, 0.2) is 24.3 Å². The third-order valence-electron chi connectivity index (χ3n) is 5.04. The average molecular weight is 391 g/mol. The van der Waals surface area contributed by atoms with Crippen molar-refractivity contribution in [3.8, 4) is 5.75 Å². The van der Waals surface area contributed by atoms with Gasteiger partial charge in [0.15, 0.2) is 0 Å². The van der Waals surface area contributed by atoms with Crippen LogP contribution in [0.3, 0.4) is 0 Å². The molecular weight excluding hydrogens is 366 g/mol. The summed E-state index contributed by atoms with van der Waals surface area (Å²) in [5, 5.41) is 14.3. The zero-order valence-electron chi connectivity index (χ0n) is 16.3. The highest BCUT2D eigenvalue weighted by atomic mass is 16.5. The van der Waals surface area contributed by atoms with Gasteiger partial charge in [0, 0.05) is 0 Å². The summed E-state index contributed by atoms with van der Waals surface area (Å²) in [4.78, 5) is 49.6. The Hall–Kier alpha value is -3.10. The second kappa shape index (κ2) is 8.28. The number of methoxy groups -OCH3 is 1. The summed E-state index contributed by atoms with van der Waals surface area (Å²) >= 11 is 0. The normalized spacial score (nSPS) is 21.1. The number of nitrogens with zero attached hydrogens (tertiary/aromatic N) is 1. The number of nitrogens with one attached hydrogen (secondary N) is 2. The van der Waals surface area contributed by atoms with Gasteiger partial charge in [-0.2, -0.15) is 0 Å². The second-order valence-corrected chi connectivity index (χ2v) is 6.94. The topological polar surface area (TPSA) is 125 Å². The zero-order chi connectivity index (χ0) is 21.1. The minimum atomic E-state index is -1.33. The van der Waals surface area contributed by atoms with E-state index in [1.54, 1.807) is 38.1 Å². The number of carbonyl (C=O) groups is 4. The Bertz CT molecular complexity index is 778. The maximum Gasteiger partial charge on any atom is 0.326 e. The van der Waals surface area contributed by atoms with Gasteiger partial charge in [-0.3, -0.25) is 14.5 Å². The highest BCUT2D eigenvalue weighted by Crippen LogP contribution is 2.29. The first-order valence-electron chi connectivity index (χ1n) is 8.94. The number of rotatable bonds is 8. The molecule has 0 spiro atoms. The Labute approximate surface area is 163 Å². The Balaban J connectivity index is 2.14. The minimum absolute atomic E-state index is 0.297. The Kier molecular flexibility index (Phi) is 6.27. The monoisotopic (exact) mass is 391 g/mol. The molecule has 2 rings (SSSR count). The van der Waals surface area contributed by atoms with E-state index in [-0.39, 0.29) is 5.92 Å². The van der Waals surface area contributed by atoms with Crippen LogP contribution in [0.5, 0.6) is 5.75 Å². The van der Waals surface area contributed by atoms with E-state index < -0.39 is 41.9 Å². The van der Waals surface area contributed by atoms with Crippen LogP contribution >= 0.6 is 0 Å². The number of hydrogen-bond donors (Lipinski definition) is 3. The average Bonchev–Trinajstić information content (AvgIpc) is 2.89. The number of ether oxygens (including phenoxy) is 1. The molecule has 1 aliphatic heterocycles. The predicted molar refractivity (Wildman–Crippen MR) is 99.6 cm³/mol. The van der Waals surface area contributed by atoms with Gasteiger partial charge in [0.25, 0.3) is 5.91 Å². The lowest BCUT2D eigenvalue weighted by Gasteiger charge is -2.23. The number of amides is 4. The summed E-state index contributed by atoms with van der Waals surface area (Å²) in [7, 11) is 1.52. The van der Waals surface area contributed by atoms with Crippen LogP contribution in [0.1, 0.15) is 32.8 Å². The highest BCUT2D eigenvalue weighted by molar-refractivity contribution is 6.09. The predicted octanol–water partition coefficient (Wildman–Crippen LogP) is 1.08. The molecule has 28 heavy (non-hydrogen) atoms. The molecule has 1 aromatic carbocycles. The van der Waals surface area contributed by atoms with E-state index in [1.807, 2.05) is 6.92 Å². The first-order chi connectivity index (χ1) is 13.1. The largest absolute Gasteiger partial charge is 0.497 e. The molecule has 0 saturated carbocycles. The molecule has 1 unspecified atom stereocenters. The van der Waals surface area contributed by atoms with Crippen LogP contribution in [0.25, 0.3) is 0 Å². The van der Waals surface area contributed by atoms with E-state index in [9.17, 15) is 24.3 Å². The molecule has 3 N–H and O–H groups in total. The molecule has 1 fully saturated rings. The fourth-order valence-corrected chi connectivity index (χ4v) is 3.01. The third kappa shape index (κ3) is 4.08. The molecule has 9 nitrogen and oxygen atoms in total. The van der Waals surface area contributed by atoms with Crippen molar-refractivity contribution in [1.29, 1.82) is 0 Å². The van der Waals surface area contributed by atoms with Gasteiger partial charge in [0.1, 0.15) is 23.9 Å². The van der Waals surface area contributed by atoms with Crippen molar-refractivity contribution < 1.29 is 29.0 Å². The van der Waals surface area contributed by atoms with E-state index in [2.05, 4.69) is 10.6 Å². The third-order valence-corrected chi connectivity index (χ3v) is 5.04. The number of benzene rings is 1. The molecule has 1 saturated heterocycles. The SMILES string of the molecule is CC[C@H](C)[C@H](NC(=O)CN1C(=O)NC(C)(c2ccc(OC)cc2)C1=O)C(=O)O. The van der Waals surface area contributed by atoms with Crippen molar-refractivity contribution in [3.63, 3.8) is 0 Å². The summed E-state index contributed by atoms with van der Waals surface area (Å²) in [5.41, 5.74) is -0.787. The summed E-state index contributed by atoms with van der Waals surface area (Å²) in [5.74, 6) is -2.16. The Morgan fingerprint density at radius 2 is 1.89 bits per heavy atom. The molecule has 0 aliphatic carbocycles. The minimum Gasteiger partial charge on any atom is -0.497 e. The Morgan fingerprint density at radius 1 is 1.29 bits per heavy atom. The second-order valence-electron chi connectivity index (χ2n) is 6.94. The number of carbonyl (C=O) groups excluding carboxylic acids is 3. The highest BCUT2D eigenvalue weighted by Gasteiger charge is 2.49. The number of carboxylic acid groups (broad SMARTS) is 1. The smallest absolute Gasteiger partial charge is 0.326 e. The van der Waals surface area contributed by atoms with Gasteiger partial charge in [-0.15, -0.1) is 0 Å². The van der Waals surface area contributed by atoms with Crippen molar-refractivity contribution in [1.82, 2.24) is 15.5 Å². The Morgan fingerprint density at radius 3 is 2.39 bits per heavy atom. The van der Waals surface area contributed by atoms with Gasteiger partial charge >= 0.3 is 12.0 Å². The fourth-order valence-electron chi connectivity index (χ4n) is 3.01. The van der Waals surface area contributed by atoms with Gasteiger partial charge in [0.2, 0.25) is 5.91 Å². The van der Waals surface area contributed by atoms with Crippen LogP contribution in [-0.2, 0) is 19.9 Å². The number of imide groups is 1. The molecule has 1 aromatic rings. The van der Waals surface area contributed by atoms with Crippen molar-refractivity contribution in [2.75, 3.05) is 13.7 Å². The zero-order valence-corrected chi connectivity index (χ0v) is 16.3. The molecule has 0 bridgehead atoms. The standard InChI is InChI=1S/C19H25N3O6/c1-5-11(2)15(16(24)25)20-14(23)10-22-17(26)19(3,21-18(22)27)12-6-8-13(28-4)9-7-12/h6-9,11,15H,5,10H2,1-4H3,(H,20,23)(H,21,27)(H,24,25)/t11-,15-,19?/m0/s1. The van der Waals surface area contributed by atoms with Crippen molar-refractivity contribution in [3.05, 3.63) is 29.8 Å². The van der Waals surface area contributed by atoms with Crippen LogP contribution in [-0.4, -0.2) is 53.5 Å². The number of urea groups is 1. The van der Waals surface area contributed by atoms with E-state index in [1.165, 1.54) is 7.11 Å². The molecule has 0 radical (unpaired) electrons. The summed E-state index contributed by atoms with van der Waals surface area (Å²) < 4.78 is 5.09. The lowest BCUT2D eigenvalue weighted by molar-refractivity contribution is -0.143. The van der Waals surface area contributed by atoms with E-state index in [0.717, 1.165) is 4.90 Å². The first-order valence-corrected chi connectivity index (χ1v) is 8.94. The molecule has 4 amide bonds. The van der Waals surface area contributed by atoms with Crippen LogP contribution in [0.4, 0.5) is 4.79 Å². The number of carboxylic acids is 1. The lowest BCUT2D eigenvalue weighted by Crippen LogP contribution is -2.50. The van der Waals surface area contributed by atoms with E-state index in [4.69, 9.17) is 4.74 Å². The molecule has 3 atom stereocenters. The molecule has 1 aliphatic rings. The maximum absolute atomic E-state index is 12.9. The van der Waals surface area contributed by atoms with Crippen molar-refractivity contribution in [2.45, 2.75) is 38.8 Å². The van der Waals surface area contributed by atoms with Gasteiger partial charge < -0.3 is 20.5 Å². The van der Waals surface area contributed by atoms with Gasteiger partial charge in [-0.05, 0) is 30.5 Å². The molecule has 9 heteroatoms.